The van der Waals surface area contributed by atoms with Gasteiger partial charge < -0.3 is 0 Å². The lowest BCUT2D eigenvalue weighted by atomic mass is 11.8. The molecular formula is C3H6S5. The number of rotatable bonds is 0. The second-order valence-corrected chi connectivity index (χ2v) is 8.37. The van der Waals surface area contributed by atoms with Gasteiger partial charge in [0.05, 0.1) is 10.2 Å². The van der Waals surface area contributed by atoms with E-state index in [1.807, 2.05) is 54.9 Å². The van der Waals surface area contributed by atoms with Crippen LogP contribution in [-0.2, 0) is 0 Å². The first-order valence-electron chi connectivity index (χ1n) is 2.07. The molecule has 8 heavy (non-hydrogen) atoms. The van der Waals surface area contributed by atoms with Crippen molar-refractivity contribution in [2.75, 3.05) is 15.3 Å². The van der Waals surface area contributed by atoms with E-state index >= 15 is 0 Å². The van der Waals surface area contributed by atoms with Crippen LogP contribution in [0.15, 0.2) is 0 Å². The van der Waals surface area contributed by atoms with Crippen LogP contribution in [0.4, 0.5) is 0 Å². The van der Waals surface area contributed by atoms with E-state index in [9.17, 15) is 0 Å². The quantitative estimate of drug-likeness (QED) is 0.551. The first-order valence-corrected chi connectivity index (χ1v) is 8.20. The van der Waals surface area contributed by atoms with Crippen molar-refractivity contribution in [1.82, 2.24) is 0 Å². The highest BCUT2D eigenvalue weighted by Crippen LogP contribution is 2.41. The SMILES string of the molecule is C1SCSSSCS1. The van der Waals surface area contributed by atoms with E-state index < -0.39 is 0 Å². The summed E-state index contributed by atoms with van der Waals surface area (Å²) >= 11 is 4.04. The van der Waals surface area contributed by atoms with Crippen LogP contribution < -0.4 is 0 Å². The summed E-state index contributed by atoms with van der Waals surface area (Å²) in [5.41, 5.74) is 0. The molecule has 0 aromatic rings. The summed E-state index contributed by atoms with van der Waals surface area (Å²) in [6.07, 6.45) is 0. The highest BCUT2D eigenvalue weighted by atomic mass is 33.5. The van der Waals surface area contributed by atoms with E-state index in [1.165, 1.54) is 15.3 Å². The molecule has 1 fully saturated rings. The lowest BCUT2D eigenvalue weighted by molar-refractivity contribution is 2.12. The van der Waals surface area contributed by atoms with Crippen molar-refractivity contribution in [3.63, 3.8) is 0 Å². The van der Waals surface area contributed by atoms with Gasteiger partial charge in [0.15, 0.2) is 0 Å². The predicted molar refractivity (Wildman–Crippen MR) is 52.6 cm³/mol. The minimum Gasteiger partial charge on any atom is -0.139 e. The maximum Gasteiger partial charge on any atom is 0.0512 e. The molecule has 48 valence electrons. The van der Waals surface area contributed by atoms with Gasteiger partial charge in [-0.1, -0.05) is 21.6 Å². The van der Waals surface area contributed by atoms with Crippen molar-refractivity contribution >= 4 is 54.9 Å². The maximum atomic E-state index is 2.02. The van der Waals surface area contributed by atoms with Gasteiger partial charge in [0.2, 0.25) is 0 Å². The van der Waals surface area contributed by atoms with Crippen LogP contribution in [-0.4, -0.2) is 15.3 Å². The summed E-state index contributed by atoms with van der Waals surface area (Å²) in [5, 5.41) is 3.79. The molecule has 0 N–H and O–H groups in total. The van der Waals surface area contributed by atoms with E-state index in [0.29, 0.717) is 0 Å². The Kier molecular flexibility index (Phi) is 5.43. The molecule has 0 aromatic heterocycles. The predicted octanol–water partition coefficient (Wildman–Crippen LogP) is 3.37. The van der Waals surface area contributed by atoms with Crippen molar-refractivity contribution in [2.45, 2.75) is 0 Å². The summed E-state index contributed by atoms with van der Waals surface area (Å²) in [4.78, 5) is 0. The van der Waals surface area contributed by atoms with Crippen molar-refractivity contribution in [3.05, 3.63) is 0 Å². The van der Waals surface area contributed by atoms with E-state index in [4.69, 9.17) is 0 Å². The van der Waals surface area contributed by atoms with E-state index in [-0.39, 0.29) is 0 Å². The first-order chi connectivity index (χ1) is 4.00. The van der Waals surface area contributed by atoms with Gasteiger partial charge in [0.1, 0.15) is 0 Å². The smallest absolute Gasteiger partial charge is 0.0512 e. The summed E-state index contributed by atoms with van der Waals surface area (Å²) in [6.45, 7) is 0. The molecular weight excluding hydrogens is 196 g/mol. The van der Waals surface area contributed by atoms with Crippen LogP contribution in [0.2, 0.25) is 0 Å². The monoisotopic (exact) mass is 202 g/mol. The topological polar surface area (TPSA) is 0 Å². The van der Waals surface area contributed by atoms with Crippen LogP contribution in [0.25, 0.3) is 0 Å². The van der Waals surface area contributed by atoms with Crippen molar-refractivity contribution in [1.29, 1.82) is 0 Å². The van der Waals surface area contributed by atoms with Crippen molar-refractivity contribution in [2.24, 2.45) is 0 Å². The molecule has 0 nitrogen and oxygen atoms in total. The Labute approximate surface area is 69.9 Å². The molecule has 1 saturated heterocycles. The number of hydrogen-bond acceptors (Lipinski definition) is 5. The van der Waals surface area contributed by atoms with E-state index in [2.05, 4.69) is 0 Å². The molecule has 1 rings (SSSR count). The summed E-state index contributed by atoms with van der Waals surface area (Å²) in [7, 11) is 5.84. The number of thioether (sulfide) groups is 2. The fourth-order valence-electron chi connectivity index (χ4n) is 0.268. The van der Waals surface area contributed by atoms with E-state index in [0.717, 1.165) is 0 Å². The second kappa shape index (κ2) is 5.53. The molecule has 0 unspecified atom stereocenters. The molecule has 0 aromatic carbocycles. The van der Waals surface area contributed by atoms with Crippen LogP contribution in [0, 0.1) is 0 Å². The van der Waals surface area contributed by atoms with Gasteiger partial charge in [0, 0.05) is 5.08 Å². The maximum absolute atomic E-state index is 2.02. The summed E-state index contributed by atoms with van der Waals surface area (Å²) in [5.74, 6) is 0. The standard InChI is InChI=1S/C3H6S5/c1-4-2-6-8-7-3-5-1/h1-3H2. The molecule has 0 aliphatic carbocycles. The molecule has 1 aliphatic heterocycles. The molecule has 0 bridgehead atoms. The normalized spacial score (nSPS) is 24.0. The lowest BCUT2D eigenvalue weighted by Gasteiger charge is -2.04. The average molecular weight is 202 g/mol. The zero-order valence-corrected chi connectivity index (χ0v) is 8.25. The highest BCUT2D eigenvalue weighted by Gasteiger charge is 1.97. The van der Waals surface area contributed by atoms with Gasteiger partial charge >= 0.3 is 0 Å². The van der Waals surface area contributed by atoms with Gasteiger partial charge in [-0.05, 0) is 9.83 Å². The zero-order chi connectivity index (χ0) is 5.66. The van der Waals surface area contributed by atoms with Gasteiger partial charge in [-0.25, -0.2) is 0 Å². The van der Waals surface area contributed by atoms with Crippen LogP contribution in [0.5, 0.6) is 0 Å². The minimum absolute atomic E-state index is 1.25. The first kappa shape index (κ1) is 7.85. The Hall–Kier alpha value is 1.75. The average Bonchev–Trinajstić information content (AvgIpc) is 1.62. The molecule has 1 aliphatic rings. The highest BCUT2D eigenvalue weighted by molar-refractivity contribution is 9.10. The Bertz CT molecular complexity index is 31.6. The Balaban J connectivity index is 2.00. The third-order valence-corrected chi connectivity index (χ3v) is 8.20. The Morgan fingerprint density at radius 3 is 2.00 bits per heavy atom. The minimum atomic E-state index is 1.25. The van der Waals surface area contributed by atoms with Gasteiger partial charge in [-0.3, -0.25) is 0 Å². The zero-order valence-electron chi connectivity index (χ0n) is 4.16. The Morgan fingerprint density at radius 1 is 0.750 bits per heavy atom. The fourth-order valence-corrected chi connectivity index (χ4v) is 8.31. The summed E-state index contributed by atoms with van der Waals surface area (Å²) in [6, 6.07) is 0. The van der Waals surface area contributed by atoms with Crippen molar-refractivity contribution < 1.29 is 0 Å². The van der Waals surface area contributed by atoms with Crippen molar-refractivity contribution in [3.8, 4) is 0 Å². The van der Waals surface area contributed by atoms with Crippen LogP contribution in [0.1, 0.15) is 0 Å². The Morgan fingerprint density at radius 2 is 1.38 bits per heavy atom. The van der Waals surface area contributed by atoms with Gasteiger partial charge in [-0.15, -0.1) is 23.5 Å². The van der Waals surface area contributed by atoms with Gasteiger partial charge in [0.25, 0.3) is 0 Å². The van der Waals surface area contributed by atoms with Crippen LogP contribution >= 0.6 is 54.9 Å². The number of hydrogen-bond donors (Lipinski definition) is 0. The molecule has 5 heteroatoms. The second-order valence-electron chi connectivity index (χ2n) is 1.07. The fraction of sp³-hybridized carbons (Fsp3) is 1.00. The molecule has 0 amide bonds. The molecule has 1 heterocycles. The molecule has 0 spiro atoms. The van der Waals surface area contributed by atoms with Crippen LogP contribution in [0.3, 0.4) is 0 Å². The third-order valence-electron chi connectivity index (χ3n) is 0.526. The molecule has 0 radical (unpaired) electrons. The van der Waals surface area contributed by atoms with E-state index in [1.54, 1.807) is 0 Å². The molecule has 0 atom stereocenters. The lowest BCUT2D eigenvalue weighted by Crippen LogP contribution is -1.75. The largest absolute Gasteiger partial charge is 0.139 e. The third kappa shape index (κ3) is 3.71. The van der Waals surface area contributed by atoms with Gasteiger partial charge in [-0.2, -0.15) is 0 Å². The summed E-state index contributed by atoms with van der Waals surface area (Å²) < 4.78 is 0. The molecule has 0 saturated carbocycles.